The van der Waals surface area contributed by atoms with Crippen molar-refractivity contribution < 1.29 is 23.1 Å². The minimum atomic E-state index is -4.55. The third-order valence-corrected chi connectivity index (χ3v) is 5.49. The van der Waals surface area contributed by atoms with Crippen molar-refractivity contribution >= 4 is 23.0 Å². The lowest BCUT2D eigenvalue weighted by atomic mass is 9.93. The van der Waals surface area contributed by atoms with Crippen LogP contribution in [0.4, 0.5) is 19.1 Å². The van der Waals surface area contributed by atoms with E-state index in [2.05, 4.69) is 15.3 Å². The fourth-order valence-electron chi connectivity index (χ4n) is 3.55. The summed E-state index contributed by atoms with van der Waals surface area (Å²) in [6, 6.07) is 2.13. The Labute approximate surface area is 153 Å². The zero-order valence-electron chi connectivity index (χ0n) is 14.9. The second kappa shape index (κ2) is 6.19. The lowest BCUT2D eigenvalue weighted by molar-refractivity contribution is -0.141. The van der Waals surface area contributed by atoms with E-state index in [1.54, 1.807) is 11.5 Å². The van der Waals surface area contributed by atoms with E-state index in [1.165, 1.54) is 6.07 Å². The van der Waals surface area contributed by atoms with Crippen LogP contribution < -0.4 is 5.32 Å². The van der Waals surface area contributed by atoms with E-state index in [-0.39, 0.29) is 30.0 Å². The zero-order chi connectivity index (χ0) is 19.4. The first-order valence-corrected chi connectivity index (χ1v) is 9.13. The Balaban J connectivity index is 1.66. The molecule has 0 aromatic carbocycles. The first-order chi connectivity index (χ1) is 12.6. The largest absolute Gasteiger partial charge is 0.433 e. The van der Waals surface area contributed by atoms with Crippen LogP contribution in [-0.4, -0.2) is 31.1 Å². The van der Waals surface area contributed by atoms with E-state index >= 15 is 0 Å². The third-order valence-electron chi connectivity index (χ3n) is 5.49. The van der Waals surface area contributed by atoms with E-state index in [0.29, 0.717) is 5.52 Å². The number of fused-ring (bicyclic) bond motifs is 1. The van der Waals surface area contributed by atoms with Gasteiger partial charge in [-0.25, -0.2) is 9.97 Å². The SMILES string of the molecule is C[C@](O)(CC(=O)Nc1nc2ccc(C(F)(F)F)nc2n1C1CCC1)C1CC1. The highest BCUT2D eigenvalue weighted by Crippen LogP contribution is 2.42. The predicted octanol–water partition coefficient (Wildman–Crippen LogP) is 3.66. The van der Waals surface area contributed by atoms with Gasteiger partial charge in [0.15, 0.2) is 5.65 Å². The summed E-state index contributed by atoms with van der Waals surface area (Å²) in [6.07, 6.45) is -0.275. The molecule has 0 radical (unpaired) electrons. The summed E-state index contributed by atoms with van der Waals surface area (Å²) in [7, 11) is 0. The number of aliphatic hydroxyl groups is 1. The monoisotopic (exact) mass is 382 g/mol. The maximum absolute atomic E-state index is 13.0. The quantitative estimate of drug-likeness (QED) is 0.827. The van der Waals surface area contributed by atoms with Gasteiger partial charge in [0, 0.05) is 6.04 Å². The molecule has 9 heteroatoms. The van der Waals surface area contributed by atoms with Crippen LogP contribution in [0.5, 0.6) is 0 Å². The van der Waals surface area contributed by atoms with E-state index < -0.39 is 23.4 Å². The molecule has 1 atom stereocenters. The van der Waals surface area contributed by atoms with Crippen molar-refractivity contribution in [3.8, 4) is 0 Å². The molecule has 2 aromatic rings. The number of pyridine rings is 1. The number of hydrogen-bond donors (Lipinski definition) is 2. The molecule has 0 aliphatic heterocycles. The van der Waals surface area contributed by atoms with E-state index in [0.717, 1.165) is 38.2 Å². The number of aromatic nitrogens is 3. The minimum Gasteiger partial charge on any atom is -0.389 e. The van der Waals surface area contributed by atoms with Gasteiger partial charge in [-0.05, 0) is 57.1 Å². The average molecular weight is 382 g/mol. The summed E-state index contributed by atoms with van der Waals surface area (Å²) in [5, 5.41) is 13.1. The number of carbonyl (C=O) groups excluding carboxylic acids is 1. The Hall–Kier alpha value is -2.16. The summed E-state index contributed by atoms with van der Waals surface area (Å²) in [5.41, 5.74) is -1.64. The molecule has 2 aliphatic carbocycles. The van der Waals surface area contributed by atoms with E-state index in [1.807, 2.05) is 0 Å². The van der Waals surface area contributed by atoms with Crippen molar-refractivity contribution in [3.05, 3.63) is 17.8 Å². The standard InChI is InChI=1S/C18H21F3N4O2/c1-17(27,10-5-6-10)9-14(26)24-16-22-12-7-8-13(18(19,20)21)23-15(12)25(16)11-3-2-4-11/h7-8,10-11,27H,2-6,9H2,1H3,(H,22,24,26)/t17-/m0/s1. The second-order valence-electron chi connectivity index (χ2n) is 7.78. The maximum atomic E-state index is 13.0. The molecular formula is C18H21F3N4O2. The van der Waals surface area contributed by atoms with Gasteiger partial charge in [-0.1, -0.05) is 0 Å². The predicted molar refractivity (Wildman–Crippen MR) is 92.0 cm³/mol. The highest BCUT2D eigenvalue weighted by molar-refractivity contribution is 5.91. The average Bonchev–Trinajstić information content (AvgIpc) is 3.30. The lowest BCUT2D eigenvalue weighted by Crippen LogP contribution is -2.33. The number of hydrogen-bond acceptors (Lipinski definition) is 4. The Morgan fingerprint density at radius 1 is 1.26 bits per heavy atom. The summed E-state index contributed by atoms with van der Waals surface area (Å²) in [5.74, 6) is -0.0957. The van der Waals surface area contributed by atoms with Gasteiger partial charge in [0.05, 0.1) is 12.0 Å². The number of amides is 1. The van der Waals surface area contributed by atoms with Crippen molar-refractivity contribution in [1.82, 2.24) is 14.5 Å². The number of alkyl halides is 3. The number of carbonyl (C=O) groups is 1. The molecule has 2 aliphatic rings. The minimum absolute atomic E-state index is 0.0368. The van der Waals surface area contributed by atoms with Crippen LogP contribution in [0, 0.1) is 5.92 Å². The Morgan fingerprint density at radius 3 is 2.52 bits per heavy atom. The summed E-state index contributed by atoms with van der Waals surface area (Å²) in [6.45, 7) is 1.64. The molecule has 4 rings (SSSR count). The Bertz CT molecular complexity index is 883. The first kappa shape index (κ1) is 18.2. The molecule has 0 saturated heterocycles. The first-order valence-electron chi connectivity index (χ1n) is 9.13. The van der Waals surface area contributed by atoms with Crippen molar-refractivity contribution in [2.75, 3.05) is 5.32 Å². The van der Waals surface area contributed by atoms with Gasteiger partial charge < -0.3 is 5.11 Å². The van der Waals surface area contributed by atoms with Crippen molar-refractivity contribution in [2.24, 2.45) is 5.92 Å². The van der Waals surface area contributed by atoms with Gasteiger partial charge in [-0.15, -0.1) is 0 Å². The number of halogens is 3. The molecule has 2 saturated carbocycles. The molecule has 2 N–H and O–H groups in total. The van der Waals surface area contributed by atoms with Crippen molar-refractivity contribution in [2.45, 2.75) is 63.3 Å². The van der Waals surface area contributed by atoms with Gasteiger partial charge in [-0.2, -0.15) is 13.2 Å². The zero-order valence-corrected chi connectivity index (χ0v) is 14.9. The van der Waals surface area contributed by atoms with Crippen molar-refractivity contribution in [1.29, 1.82) is 0 Å². The topological polar surface area (TPSA) is 80.0 Å². The highest BCUT2D eigenvalue weighted by atomic mass is 19.4. The van der Waals surface area contributed by atoms with Gasteiger partial charge in [0.25, 0.3) is 0 Å². The van der Waals surface area contributed by atoms with E-state index in [4.69, 9.17) is 0 Å². The fourth-order valence-corrected chi connectivity index (χ4v) is 3.55. The molecule has 0 unspecified atom stereocenters. The lowest BCUT2D eigenvalue weighted by Gasteiger charge is -2.29. The maximum Gasteiger partial charge on any atom is 0.433 e. The summed E-state index contributed by atoms with van der Waals surface area (Å²) >= 11 is 0. The Morgan fingerprint density at radius 2 is 1.96 bits per heavy atom. The van der Waals surface area contributed by atoms with Crippen LogP contribution >= 0.6 is 0 Å². The van der Waals surface area contributed by atoms with Crippen LogP contribution in [0.2, 0.25) is 0 Å². The van der Waals surface area contributed by atoms with Gasteiger partial charge in [0.2, 0.25) is 11.9 Å². The number of nitrogens with one attached hydrogen (secondary N) is 1. The van der Waals surface area contributed by atoms with Crippen molar-refractivity contribution in [3.63, 3.8) is 0 Å². The molecule has 0 spiro atoms. The molecule has 0 bridgehead atoms. The van der Waals surface area contributed by atoms with Crippen LogP contribution in [0.15, 0.2) is 12.1 Å². The van der Waals surface area contributed by atoms with E-state index in [9.17, 15) is 23.1 Å². The molecule has 2 heterocycles. The second-order valence-corrected chi connectivity index (χ2v) is 7.78. The number of nitrogens with zero attached hydrogens (tertiary/aromatic N) is 3. The number of rotatable bonds is 5. The summed E-state index contributed by atoms with van der Waals surface area (Å²) < 4.78 is 40.7. The third kappa shape index (κ3) is 3.52. The van der Waals surface area contributed by atoms with Crippen LogP contribution in [0.1, 0.15) is 57.2 Å². The van der Waals surface area contributed by atoms with Gasteiger partial charge in [0.1, 0.15) is 11.2 Å². The molecule has 27 heavy (non-hydrogen) atoms. The van der Waals surface area contributed by atoms with Crippen LogP contribution in [0.3, 0.4) is 0 Å². The van der Waals surface area contributed by atoms with Crippen LogP contribution in [-0.2, 0) is 11.0 Å². The van der Waals surface area contributed by atoms with Gasteiger partial charge >= 0.3 is 6.18 Å². The molecule has 146 valence electrons. The number of anilines is 1. The normalized spacial score (nSPS) is 20.3. The molecule has 2 aromatic heterocycles. The fraction of sp³-hybridized carbons (Fsp3) is 0.611. The van der Waals surface area contributed by atoms with Crippen LogP contribution in [0.25, 0.3) is 11.2 Å². The highest BCUT2D eigenvalue weighted by Gasteiger charge is 2.41. The number of imidazole rings is 1. The molecule has 2 fully saturated rings. The molecule has 1 amide bonds. The smallest absolute Gasteiger partial charge is 0.389 e. The molecular weight excluding hydrogens is 361 g/mol. The summed E-state index contributed by atoms with van der Waals surface area (Å²) in [4.78, 5) is 20.5. The Kier molecular flexibility index (Phi) is 4.17. The molecule has 6 nitrogen and oxygen atoms in total. The van der Waals surface area contributed by atoms with Gasteiger partial charge in [-0.3, -0.25) is 14.7 Å².